The van der Waals surface area contributed by atoms with E-state index in [1.54, 1.807) is 23.7 Å². The first kappa shape index (κ1) is 8.56. The van der Waals surface area contributed by atoms with Gasteiger partial charge in [0.1, 0.15) is 0 Å². The summed E-state index contributed by atoms with van der Waals surface area (Å²) in [6.45, 7) is 0. The van der Waals surface area contributed by atoms with Crippen LogP contribution in [0.1, 0.15) is 0 Å². The zero-order valence-electron chi connectivity index (χ0n) is 7.84. The summed E-state index contributed by atoms with van der Waals surface area (Å²) in [6.07, 6.45) is 3.59. The van der Waals surface area contributed by atoms with Gasteiger partial charge in [-0.15, -0.1) is 11.3 Å². The number of rotatable bonds is 1. The van der Waals surface area contributed by atoms with Crippen LogP contribution in [0.15, 0.2) is 42.7 Å². The van der Waals surface area contributed by atoms with Crippen LogP contribution < -0.4 is 0 Å². The molecule has 3 heteroatoms. The van der Waals surface area contributed by atoms with Crippen molar-refractivity contribution in [1.29, 1.82) is 0 Å². The van der Waals surface area contributed by atoms with Crippen molar-refractivity contribution in [3.63, 3.8) is 0 Å². The molecule has 0 atom stereocenters. The highest BCUT2D eigenvalue weighted by Gasteiger charge is 2.04. The topological polar surface area (TPSA) is 25.8 Å². The fraction of sp³-hybridized carbons (Fsp3) is 0. The quantitative estimate of drug-likeness (QED) is 0.618. The maximum atomic E-state index is 4.27. The molecule has 0 aliphatic carbocycles. The van der Waals surface area contributed by atoms with E-state index in [1.165, 1.54) is 4.70 Å². The highest BCUT2D eigenvalue weighted by atomic mass is 32.1. The molecule has 0 bridgehead atoms. The van der Waals surface area contributed by atoms with Crippen LogP contribution >= 0.6 is 11.3 Å². The van der Waals surface area contributed by atoms with E-state index in [4.69, 9.17) is 0 Å². The lowest BCUT2D eigenvalue weighted by Gasteiger charge is -2.01. The molecule has 0 saturated carbocycles. The molecule has 0 saturated heterocycles. The minimum absolute atomic E-state index is 1.02. The Morgan fingerprint density at radius 3 is 2.80 bits per heavy atom. The maximum Gasteiger partial charge on any atom is 0.153 e. The smallest absolute Gasteiger partial charge is 0.153 e. The number of para-hydroxylation sites is 1. The Balaban J connectivity index is 2.31. The average molecular weight is 211 g/mol. The third-order valence-electron chi connectivity index (χ3n) is 2.30. The SMILES string of the molecule is [c]1nc2c(-c3ccncc3)cccc2s1. The molecule has 0 N–H and O–H groups in total. The third-order valence-corrected chi connectivity index (χ3v) is 3.04. The Hall–Kier alpha value is -1.74. The summed E-state index contributed by atoms with van der Waals surface area (Å²) < 4.78 is 1.17. The highest BCUT2D eigenvalue weighted by molar-refractivity contribution is 7.16. The number of fused-ring (bicyclic) bond motifs is 1. The summed E-state index contributed by atoms with van der Waals surface area (Å²) in [5.41, 5.74) is 6.24. The summed E-state index contributed by atoms with van der Waals surface area (Å²) in [4.78, 5) is 8.28. The molecule has 3 aromatic rings. The molecule has 1 aromatic carbocycles. The number of benzene rings is 1. The van der Waals surface area contributed by atoms with Crippen molar-refractivity contribution >= 4 is 21.6 Å². The Bertz CT molecular complexity index is 587. The Morgan fingerprint density at radius 1 is 1.07 bits per heavy atom. The van der Waals surface area contributed by atoms with Crippen molar-refractivity contribution in [3.05, 3.63) is 48.2 Å². The lowest BCUT2D eigenvalue weighted by Crippen LogP contribution is -1.80. The fourth-order valence-electron chi connectivity index (χ4n) is 1.60. The van der Waals surface area contributed by atoms with Gasteiger partial charge in [0.05, 0.1) is 10.2 Å². The van der Waals surface area contributed by atoms with Gasteiger partial charge >= 0.3 is 0 Å². The Labute approximate surface area is 91.2 Å². The third kappa shape index (κ3) is 1.41. The predicted molar refractivity (Wildman–Crippen MR) is 61.7 cm³/mol. The molecule has 2 aromatic heterocycles. The van der Waals surface area contributed by atoms with Gasteiger partial charge in [-0.2, -0.15) is 0 Å². The van der Waals surface area contributed by atoms with E-state index in [0.29, 0.717) is 0 Å². The van der Waals surface area contributed by atoms with Crippen molar-refractivity contribution in [3.8, 4) is 11.1 Å². The van der Waals surface area contributed by atoms with Gasteiger partial charge in [-0.05, 0) is 23.8 Å². The second-order valence-corrected chi connectivity index (χ2v) is 4.02. The lowest BCUT2D eigenvalue weighted by atomic mass is 10.1. The van der Waals surface area contributed by atoms with Crippen LogP contribution in [0.25, 0.3) is 21.3 Å². The van der Waals surface area contributed by atoms with Gasteiger partial charge in [-0.1, -0.05) is 12.1 Å². The number of hydrogen-bond acceptors (Lipinski definition) is 3. The summed E-state index contributed by atoms with van der Waals surface area (Å²) in [7, 11) is 0. The maximum absolute atomic E-state index is 4.27. The van der Waals surface area contributed by atoms with Crippen LogP contribution in [0.4, 0.5) is 0 Å². The van der Waals surface area contributed by atoms with E-state index < -0.39 is 0 Å². The number of thiazole rings is 1. The molecule has 0 aliphatic rings. The molecule has 71 valence electrons. The Kier molecular flexibility index (Phi) is 1.96. The molecule has 0 unspecified atom stereocenters. The van der Waals surface area contributed by atoms with Gasteiger partial charge < -0.3 is 0 Å². The average Bonchev–Trinajstić information content (AvgIpc) is 2.78. The second-order valence-electron chi connectivity index (χ2n) is 3.19. The number of aromatic nitrogens is 2. The minimum atomic E-state index is 1.02. The molecule has 0 aliphatic heterocycles. The van der Waals surface area contributed by atoms with Crippen molar-refractivity contribution in [2.24, 2.45) is 0 Å². The first-order valence-electron chi connectivity index (χ1n) is 4.61. The molecule has 2 heterocycles. The van der Waals surface area contributed by atoms with Gasteiger partial charge in [0.15, 0.2) is 5.51 Å². The van der Waals surface area contributed by atoms with Gasteiger partial charge in [-0.3, -0.25) is 4.98 Å². The summed E-state index contributed by atoms with van der Waals surface area (Å²) in [5.74, 6) is 0. The van der Waals surface area contributed by atoms with Crippen LogP contribution in [0.3, 0.4) is 0 Å². The van der Waals surface area contributed by atoms with Crippen LogP contribution in [0.5, 0.6) is 0 Å². The first-order chi connectivity index (χ1) is 7.45. The zero-order valence-corrected chi connectivity index (χ0v) is 8.66. The molecule has 15 heavy (non-hydrogen) atoms. The molecule has 2 nitrogen and oxygen atoms in total. The molecule has 1 radical (unpaired) electrons. The fourth-order valence-corrected chi connectivity index (χ4v) is 2.24. The van der Waals surface area contributed by atoms with E-state index in [1.807, 2.05) is 18.2 Å². The van der Waals surface area contributed by atoms with Crippen LogP contribution in [0, 0.1) is 5.51 Å². The zero-order chi connectivity index (χ0) is 10.1. The minimum Gasteiger partial charge on any atom is -0.265 e. The first-order valence-corrected chi connectivity index (χ1v) is 5.43. The van der Waals surface area contributed by atoms with E-state index in [2.05, 4.69) is 27.6 Å². The number of hydrogen-bond donors (Lipinski definition) is 0. The van der Waals surface area contributed by atoms with Crippen LogP contribution in [-0.2, 0) is 0 Å². The summed E-state index contributed by atoms with van der Waals surface area (Å²) >= 11 is 1.54. The second kappa shape index (κ2) is 3.44. The van der Waals surface area contributed by atoms with Crippen molar-refractivity contribution < 1.29 is 0 Å². The van der Waals surface area contributed by atoms with E-state index >= 15 is 0 Å². The lowest BCUT2D eigenvalue weighted by molar-refractivity contribution is 1.33. The largest absolute Gasteiger partial charge is 0.265 e. The van der Waals surface area contributed by atoms with Crippen LogP contribution in [0.2, 0.25) is 0 Å². The van der Waals surface area contributed by atoms with E-state index in [-0.39, 0.29) is 0 Å². The van der Waals surface area contributed by atoms with Crippen molar-refractivity contribution in [1.82, 2.24) is 9.97 Å². The van der Waals surface area contributed by atoms with Crippen molar-refractivity contribution in [2.75, 3.05) is 0 Å². The molecular formula is C12H7N2S. The normalized spacial score (nSPS) is 10.7. The van der Waals surface area contributed by atoms with E-state index in [0.717, 1.165) is 16.6 Å². The van der Waals surface area contributed by atoms with Gasteiger partial charge in [0, 0.05) is 18.0 Å². The molecule has 0 fully saturated rings. The van der Waals surface area contributed by atoms with Gasteiger partial charge in [-0.25, -0.2) is 4.98 Å². The monoisotopic (exact) mass is 211 g/mol. The highest BCUT2D eigenvalue weighted by Crippen LogP contribution is 2.28. The number of pyridine rings is 1. The predicted octanol–water partition coefficient (Wildman–Crippen LogP) is 3.16. The summed E-state index contributed by atoms with van der Waals surface area (Å²) in [6, 6.07) is 10.2. The van der Waals surface area contributed by atoms with Crippen molar-refractivity contribution in [2.45, 2.75) is 0 Å². The van der Waals surface area contributed by atoms with Gasteiger partial charge in [0.2, 0.25) is 0 Å². The van der Waals surface area contributed by atoms with Gasteiger partial charge in [0.25, 0.3) is 0 Å². The van der Waals surface area contributed by atoms with Crippen LogP contribution in [-0.4, -0.2) is 9.97 Å². The Morgan fingerprint density at radius 2 is 1.93 bits per heavy atom. The molecule has 0 amide bonds. The molecular weight excluding hydrogens is 204 g/mol. The summed E-state index contributed by atoms with van der Waals surface area (Å²) in [5, 5.41) is 0. The van der Waals surface area contributed by atoms with E-state index in [9.17, 15) is 0 Å². The number of nitrogens with zero attached hydrogens (tertiary/aromatic N) is 2. The standard InChI is InChI=1S/C12H7N2S/c1-2-10(9-4-6-13-7-5-9)12-11(3-1)15-8-14-12/h1-7H. The molecule has 0 spiro atoms. The molecule has 3 rings (SSSR count).